The molecular weight excluding hydrogens is 293 g/mol. The van der Waals surface area contributed by atoms with Crippen LogP contribution < -0.4 is 11.4 Å². The van der Waals surface area contributed by atoms with Crippen molar-refractivity contribution in [3.63, 3.8) is 0 Å². The van der Waals surface area contributed by atoms with Gasteiger partial charge in [0.25, 0.3) is 0 Å². The topological polar surface area (TPSA) is 96.4 Å². The first-order valence-corrected chi connectivity index (χ1v) is 7.22. The van der Waals surface area contributed by atoms with Crippen LogP contribution in [0.1, 0.15) is 39.3 Å². The van der Waals surface area contributed by atoms with E-state index in [1.165, 1.54) is 0 Å². The minimum atomic E-state index is -0.769. The van der Waals surface area contributed by atoms with Crippen molar-refractivity contribution < 1.29 is 18.7 Å². The predicted molar refractivity (Wildman–Crippen MR) is 76.4 cm³/mol. The zero-order valence-electron chi connectivity index (χ0n) is 12.6. The van der Waals surface area contributed by atoms with Crippen molar-refractivity contribution in [1.82, 2.24) is 9.55 Å². The lowest BCUT2D eigenvalue weighted by Gasteiger charge is -2.16. The Morgan fingerprint density at radius 1 is 1.59 bits per heavy atom. The molecule has 0 amide bonds. The quantitative estimate of drug-likeness (QED) is 0.821. The number of nitrogen functional groups attached to an aromatic ring is 1. The van der Waals surface area contributed by atoms with Gasteiger partial charge in [-0.1, -0.05) is 13.8 Å². The molecule has 0 radical (unpaired) electrons. The third-order valence-corrected chi connectivity index (χ3v) is 3.33. The molecule has 1 aromatic heterocycles. The SMILES string of the molecule is CC(C)CC(=O)OCC1CCC(n2cc(F)c(N)nc2=O)O1. The Kier molecular flexibility index (Phi) is 5.12. The summed E-state index contributed by atoms with van der Waals surface area (Å²) in [7, 11) is 0. The molecule has 1 aromatic rings. The molecule has 1 saturated heterocycles. The van der Waals surface area contributed by atoms with E-state index in [0.29, 0.717) is 19.3 Å². The molecule has 1 aliphatic rings. The summed E-state index contributed by atoms with van der Waals surface area (Å²) in [5.74, 6) is -1.25. The molecule has 0 saturated carbocycles. The molecule has 1 aliphatic heterocycles. The standard InChI is InChI=1S/C14H20FN3O4/c1-8(2)5-12(19)21-7-9-3-4-11(22-9)18-6-10(15)13(16)17-14(18)20/h6,8-9,11H,3-5,7H2,1-2H3,(H2,16,17,20). The van der Waals surface area contributed by atoms with E-state index in [2.05, 4.69) is 4.98 Å². The molecule has 2 N–H and O–H groups in total. The Labute approximate surface area is 127 Å². The average molecular weight is 313 g/mol. The van der Waals surface area contributed by atoms with Crippen LogP contribution in [-0.4, -0.2) is 28.2 Å². The van der Waals surface area contributed by atoms with Gasteiger partial charge in [-0.05, 0) is 18.8 Å². The highest BCUT2D eigenvalue weighted by Gasteiger charge is 2.29. The highest BCUT2D eigenvalue weighted by molar-refractivity contribution is 5.69. The van der Waals surface area contributed by atoms with E-state index in [9.17, 15) is 14.0 Å². The number of carbonyl (C=O) groups is 1. The van der Waals surface area contributed by atoms with Gasteiger partial charge in [0.2, 0.25) is 0 Å². The number of hydrogen-bond acceptors (Lipinski definition) is 6. The van der Waals surface area contributed by atoms with Crippen LogP contribution in [0.15, 0.2) is 11.0 Å². The van der Waals surface area contributed by atoms with Gasteiger partial charge in [-0.3, -0.25) is 9.36 Å². The fourth-order valence-corrected chi connectivity index (χ4v) is 2.26. The van der Waals surface area contributed by atoms with Crippen LogP contribution >= 0.6 is 0 Å². The number of hydrogen-bond donors (Lipinski definition) is 1. The molecule has 0 aromatic carbocycles. The summed E-state index contributed by atoms with van der Waals surface area (Å²) in [6, 6.07) is 0. The minimum absolute atomic E-state index is 0.127. The van der Waals surface area contributed by atoms with Gasteiger partial charge < -0.3 is 15.2 Å². The third kappa shape index (κ3) is 4.03. The van der Waals surface area contributed by atoms with Gasteiger partial charge in [-0.25, -0.2) is 9.18 Å². The van der Waals surface area contributed by atoms with Crippen molar-refractivity contribution >= 4 is 11.8 Å². The van der Waals surface area contributed by atoms with Gasteiger partial charge >= 0.3 is 11.7 Å². The van der Waals surface area contributed by atoms with E-state index in [4.69, 9.17) is 15.2 Å². The molecule has 2 heterocycles. The summed E-state index contributed by atoms with van der Waals surface area (Å²) < 4.78 is 25.2. The van der Waals surface area contributed by atoms with Crippen LogP contribution in [0.25, 0.3) is 0 Å². The Balaban J connectivity index is 1.92. The Bertz CT molecular complexity index is 602. The summed E-state index contributed by atoms with van der Waals surface area (Å²) >= 11 is 0. The molecule has 22 heavy (non-hydrogen) atoms. The lowest BCUT2D eigenvalue weighted by Crippen LogP contribution is -2.29. The molecular formula is C14H20FN3O4. The highest BCUT2D eigenvalue weighted by atomic mass is 19.1. The summed E-state index contributed by atoms with van der Waals surface area (Å²) in [5, 5.41) is 0. The van der Waals surface area contributed by atoms with E-state index in [1.54, 1.807) is 0 Å². The lowest BCUT2D eigenvalue weighted by molar-refractivity contribution is -0.149. The molecule has 2 rings (SSSR count). The highest BCUT2D eigenvalue weighted by Crippen LogP contribution is 2.27. The van der Waals surface area contributed by atoms with Crippen LogP contribution in [0.5, 0.6) is 0 Å². The van der Waals surface area contributed by atoms with Gasteiger partial charge in [-0.2, -0.15) is 4.98 Å². The average Bonchev–Trinajstić information content (AvgIpc) is 2.88. The van der Waals surface area contributed by atoms with Gasteiger partial charge in [0.15, 0.2) is 11.6 Å². The Morgan fingerprint density at radius 3 is 3.00 bits per heavy atom. The minimum Gasteiger partial charge on any atom is -0.463 e. The molecule has 0 spiro atoms. The lowest BCUT2D eigenvalue weighted by atomic mass is 10.1. The van der Waals surface area contributed by atoms with Gasteiger partial charge in [0, 0.05) is 6.42 Å². The van der Waals surface area contributed by atoms with Crippen molar-refractivity contribution in [2.24, 2.45) is 5.92 Å². The number of nitrogens with zero attached hydrogens (tertiary/aromatic N) is 2. The second kappa shape index (κ2) is 6.87. The predicted octanol–water partition coefficient (Wildman–Crippen LogP) is 1.23. The smallest absolute Gasteiger partial charge is 0.351 e. The van der Waals surface area contributed by atoms with Crippen molar-refractivity contribution in [2.75, 3.05) is 12.3 Å². The van der Waals surface area contributed by atoms with Crippen molar-refractivity contribution in [2.45, 2.75) is 45.4 Å². The molecule has 2 atom stereocenters. The number of aromatic nitrogens is 2. The molecule has 8 heteroatoms. The Morgan fingerprint density at radius 2 is 2.32 bits per heavy atom. The van der Waals surface area contributed by atoms with Gasteiger partial charge in [0.05, 0.1) is 12.3 Å². The second-order valence-electron chi connectivity index (χ2n) is 5.74. The number of esters is 1. The maximum atomic E-state index is 13.4. The van der Waals surface area contributed by atoms with Gasteiger partial charge in [0.1, 0.15) is 12.8 Å². The maximum Gasteiger partial charge on any atom is 0.351 e. The number of nitrogens with two attached hydrogens (primary N) is 1. The maximum absolute atomic E-state index is 13.4. The summed E-state index contributed by atoms with van der Waals surface area (Å²) in [6.45, 7) is 3.98. The first-order chi connectivity index (χ1) is 10.4. The van der Waals surface area contributed by atoms with Crippen molar-refractivity contribution in [3.8, 4) is 0 Å². The van der Waals surface area contributed by atoms with Crippen molar-refractivity contribution in [1.29, 1.82) is 0 Å². The molecule has 122 valence electrons. The van der Waals surface area contributed by atoms with E-state index in [1.807, 2.05) is 13.8 Å². The number of ether oxygens (including phenoxy) is 2. The van der Waals surface area contributed by atoms with E-state index in [-0.39, 0.29) is 24.6 Å². The largest absolute Gasteiger partial charge is 0.463 e. The second-order valence-corrected chi connectivity index (χ2v) is 5.74. The third-order valence-electron chi connectivity index (χ3n) is 3.33. The molecule has 0 bridgehead atoms. The zero-order chi connectivity index (χ0) is 16.3. The first-order valence-electron chi connectivity index (χ1n) is 7.22. The zero-order valence-corrected chi connectivity index (χ0v) is 12.6. The molecule has 2 unspecified atom stereocenters. The summed E-state index contributed by atoms with van der Waals surface area (Å²) in [5.41, 5.74) is 4.57. The number of carbonyl (C=O) groups excluding carboxylic acids is 1. The fourth-order valence-electron chi connectivity index (χ4n) is 2.26. The molecule has 7 nitrogen and oxygen atoms in total. The number of anilines is 1. The fraction of sp³-hybridized carbons (Fsp3) is 0.643. The van der Waals surface area contributed by atoms with Crippen LogP contribution in [0.3, 0.4) is 0 Å². The normalized spacial score (nSPS) is 21.3. The van der Waals surface area contributed by atoms with Crippen molar-refractivity contribution in [3.05, 3.63) is 22.5 Å². The first kappa shape index (κ1) is 16.4. The molecule has 0 aliphatic carbocycles. The van der Waals surface area contributed by atoms with Gasteiger partial charge in [-0.15, -0.1) is 0 Å². The number of halogens is 1. The summed E-state index contributed by atoms with van der Waals surface area (Å²) in [6.07, 6.45) is 1.53. The molecule has 1 fully saturated rings. The summed E-state index contributed by atoms with van der Waals surface area (Å²) in [4.78, 5) is 26.6. The van der Waals surface area contributed by atoms with Crippen LogP contribution in [0.4, 0.5) is 10.2 Å². The number of rotatable bonds is 5. The van der Waals surface area contributed by atoms with Crippen LogP contribution in [-0.2, 0) is 14.3 Å². The monoisotopic (exact) mass is 313 g/mol. The van der Waals surface area contributed by atoms with E-state index < -0.39 is 23.6 Å². The van der Waals surface area contributed by atoms with E-state index in [0.717, 1.165) is 10.8 Å². The van der Waals surface area contributed by atoms with E-state index >= 15 is 0 Å². The Hall–Kier alpha value is -1.96. The van der Waals surface area contributed by atoms with Crippen LogP contribution in [0, 0.1) is 11.7 Å². The van der Waals surface area contributed by atoms with Crippen LogP contribution in [0.2, 0.25) is 0 Å².